The van der Waals surface area contributed by atoms with Gasteiger partial charge in [0.25, 0.3) is 11.5 Å². The number of hydrogen-bond acceptors (Lipinski definition) is 6. The summed E-state index contributed by atoms with van der Waals surface area (Å²) >= 11 is 3.40. The highest BCUT2D eigenvalue weighted by Gasteiger charge is 2.13. The van der Waals surface area contributed by atoms with Gasteiger partial charge in [0.1, 0.15) is 17.4 Å². The summed E-state index contributed by atoms with van der Waals surface area (Å²) in [6.45, 7) is 1.55. The average Bonchev–Trinajstić information content (AvgIpc) is 2.88. The number of nitrogens with one attached hydrogen (secondary N) is 1. The summed E-state index contributed by atoms with van der Waals surface area (Å²) in [5.41, 5.74) is 1.76. The molecule has 0 saturated heterocycles. The maximum atomic E-state index is 13.9. The Balaban J connectivity index is 1.64. The highest BCUT2D eigenvalue weighted by molar-refractivity contribution is 9.10. The maximum absolute atomic E-state index is 13.9. The summed E-state index contributed by atoms with van der Waals surface area (Å²) in [6.07, 6.45) is 1.99. The monoisotopic (exact) mass is 565 g/mol. The molecule has 0 bridgehead atoms. The topological polar surface area (TPSA) is 88.8 Å². The fraction of sp³-hybridized carbons (Fsp3) is 0.185. The van der Waals surface area contributed by atoms with Gasteiger partial charge in [0, 0.05) is 42.3 Å². The molecule has 0 fully saturated rings. The summed E-state index contributed by atoms with van der Waals surface area (Å²) in [7, 11) is 3.76. The van der Waals surface area contributed by atoms with Gasteiger partial charge in [-0.25, -0.2) is 9.37 Å². The molecule has 3 aromatic carbocycles. The van der Waals surface area contributed by atoms with E-state index in [2.05, 4.69) is 31.3 Å². The molecule has 0 aliphatic heterocycles. The van der Waals surface area contributed by atoms with E-state index in [1.807, 2.05) is 38.1 Å². The predicted molar refractivity (Wildman–Crippen MR) is 147 cm³/mol. The number of para-hydroxylation sites is 1. The van der Waals surface area contributed by atoms with Crippen LogP contribution in [0.5, 0.6) is 5.75 Å². The number of fused-ring (bicyclic) bond motifs is 1. The molecule has 0 aliphatic rings. The van der Waals surface area contributed by atoms with Crippen LogP contribution in [0.4, 0.5) is 15.8 Å². The number of ether oxygens (including phenoxy) is 1. The van der Waals surface area contributed by atoms with Crippen LogP contribution in [0.15, 0.2) is 75.0 Å². The summed E-state index contributed by atoms with van der Waals surface area (Å²) < 4.78 is 21.7. The molecule has 0 spiro atoms. The van der Waals surface area contributed by atoms with E-state index in [1.165, 1.54) is 23.0 Å². The van der Waals surface area contributed by atoms with Gasteiger partial charge in [-0.15, -0.1) is 0 Å². The van der Waals surface area contributed by atoms with Crippen molar-refractivity contribution in [3.05, 3.63) is 92.7 Å². The third-order valence-electron chi connectivity index (χ3n) is 5.52. The van der Waals surface area contributed by atoms with Crippen LogP contribution in [0.1, 0.15) is 18.3 Å². The van der Waals surface area contributed by atoms with Crippen molar-refractivity contribution in [3.8, 4) is 5.75 Å². The summed E-state index contributed by atoms with van der Waals surface area (Å²) in [5.74, 6) is -0.169. The zero-order chi connectivity index (χ0) is 26.5. The molecule has 0 unspecified atom stereocenters. The highest BCUT2D eigenvalue weighted by atomic mass is 79.9. The Bertz CT molecular complexity index is 1550. The van der Waals surface area contributed by atoms with Crippen molar-refractivity contribution in [3.63, 3.8) is 0 Å². The van der Waals surface area contributed by atoms with Gasteiger partial charge in [0.2, 0.25) is 0 Å². The number of halogens is 2. The van der Waals surface area contributed by atoms with E-state index < -0.39 is 11.7 Å². The Labute approximate surface area is 221 Å². The Morgan fingerprint density at radius 2 is 1.97 bits per heavy atom. The van der Waals surface area contributed by atoms with Crippen molar-refractivity contribution < 1.29 is 13.9 Å². The second-order valence-corrected chi connectivity index (χ2v) is 9.25. The normalized spacial score (nSPS) is 11.2. The van der Waals surface area contributed by atoms with Crippen molar-refractivity contribution >= 4 is 50.3 Å². The molecule has 0 aliphatic carbocycles. The zero-order valence-electron chi connectivity index (χ0n) is 20.5. The lowest BCUT2D eigenvalue weighted by Crippen LogP contribution is -2.22. The Morgan fingerprint density at radius 3 is 2.70 bits per heavy atom. The maximum Gasteiger partial charge on any atom is 0.282 e. The van der Waals surface area contributed by atoms with Gasteiger partial charge in [-0.05, 0) is 42.5 Å². The first-order valence-corrected chi connectivity index (χ1v) is 12.3. The van der Waals surface area contributed by atoms with Crippen molar-refractivity contribution in [2.45, 2.75) is 13.3 Å². The fourth-order valence-electron chi connectivity index (χ4n) is 3.59. The molecule has 4 aromatic rings. The standard InChI is InChI=1S/C27H25BrFN5O3/c1-4-25-31-22-12-10-18(28)13-20(22)27(36)34(25)30-15-17-9-11-19(33(2)3)14-24(17)37-16-26(35)32-23-8-6-5-7-21(23)29/h5-15H,4,16H2,1-3H3,(H,32,35). The van der Waals surface area contributed by atoms with Crippen molar-refractivity contribution in [1.82, 2.24) is 9.66 Å². The zero-order valence-corrected chi connectivity index (χ0v) is 22.1. The van der Waals surface area contributed by atoms with Gasteiger partial charge in [-0.3, -0.25) is 9.59 Å². The largest absolute Gasteiger partial charge is 0.483 e. The van der Waals surface area contributed by atoms with E-state index >= 15 is 0 Å². The smallest absolute Gasteiger partial charge is 0.282 e. The second kappa shape index (κ2) is 11.3. The van der Waals surface area contributed by atoms with E-state index in [9.17, 15) is 14.0 Å². The van der Waals surface area contributed by atoms with E-state index in [-0.39, 0.29) is 17.9 Å². The molecule has 0 saturated carbocycles. The number of anilines is 2. The van der Waals surface area contributed by atoms with Crippen LogP contribution >= 0.6 is 15.9 Å². The number of carbonyl (C=O) groups is 1. The van der Waals surface area contributed by atoms with Crippen LogP contribution in [0.2, 0.25) is 0 Å². The number of hydrogen-bond donors (Lipinski definition) is 1. The van der Waals surface area contributed by atoms with Crippen molar-refractivity contribution in [2.75, 3.05) is 30.9 Å². The highest BCUT2D eigenvalue weighted by Crippen LogP contribution is 2.24. The van der Waals surface area contributed by atoms with Crippen LogP contribution in [-0.2, 0) is 11.2 Å². The van der Waals surface area contributed by atoms with Gasteiger partial charge in [0.15, 0.2) is 6.61 Å². The molecular weight excluding hydrogens is 541 g/mol. The Kier molecular flexibility index (Phi) is 7.98. The number of aryl methyl sites for hydroxylation is 1. The SMILES string of the molecule is CCc1nc2ccc(Br)cc2c(=O)n1N=Cc1ccc(N(C)C)cc1OCC(=O)Nc1ccccc1F. The van der Waals surface area contributed by atoms with E-state index in [0.717, 1.165) is 10.2 Å². The number of rotatable bonds is 8. The number of amides is 1. The molecule has 1 N–H and O–H groups in total. The van der Waals surface area contributed by atoms with Crippen LogP contribution in [0, 0.1) is 5.82 Å². The average molecular weight is 566 g/mol. The summed E-state index contributed by atoms with van der Waals surface area (Å²) in [4.78, 5) is 32.1. The molecule has 1 heterocycles. The predicted octanol–water partition coefficient (Wildman–Crippen LogP) is 4.83. The van der Waals surface area contributed by atoms with E-state index in [0.29, 0.717) is 34.5 Å². The Hall–Kier alpha value is -4.05. The van der Waals surface area contributed by atoms with Crippen molar-refractivity contribution in [2.24, 2.45) is 5.10 Å². The van der Waals surface area contributed by atoms with E-state index in [1.54, 1.807) is 36.4 Å². The quantitative estimate of drug-likeness (QED) is 0.309. The molecule has 37 heavy (non-hydrogen) atoms. The van der Waals surface area contributed by atoms with Gasteiger partial charge in [-0.1, -0.05) is 35.0 Å². The molecule has 8 nitrogen and oxygen atoms in total. The van der Waals surface area contributed by atoms with Gasteiger partial charge >= 0.3 is 0 Å². The first-order chi connectivity index (χ1) is 17.8. The number of benzene rings is 3. The number of carbonyl (C=O) groups excluding carboxylic acids is 1. The van der Waals surface area contributed by atoms with Crippen molar-refractivity contribution in [1.29, 1.82) is 0 Å². The molecule has 0 radical (unpaired) electrons. The lowest BCUT2D eigenvalue weighted by atomic mass is 10.2. The van der Waals surface area contributed by atoms with Gasteiger partial charge in [0.05, 0.1) is 22.8 Å². The fourth-order valence-corrected chi connectivity index (χ4v) is 3.95. The summed E-state index contributed by atoms with van der Waals surface area (Å²) in [5, 5.41) is 7.36. The third-order valence-corrected chi connectivity index (χ3v) is 6.02. The number of aromatic nitrogens is 2. The third kappa shape index (κ3) is 6.03. The van der Waals surface area contributed by atoms with Crippen LogP contribution in [0.3, 0.4) is 0 Å². The van der Waals surface area contributed by atoms with E-state index in [4.69, 9.17) is 4.74 Å². The minimum absolute atomic E-state index is 0.0711. The molecule has 1 amide bonds. The Morgan fingerprint density at radius 1 is 1.19 bits per heavy atom. The molecule has 0 atom stereocenters. The van der Waals surface area contributed by atoms with Crippen LogP contribution in [-0.4, -0.2) is 42.5 Å². The lowest BCUT2D eigenvalue weighted by molar-refractivity contribution is -0.118. The molecule has 1 aromatic heterocycles. The van der Waals surface area contributed by atoms with Crippen LogP contribution in [0.25, 0.3) is 10.9 Å². The molecule has 4 rings (SSSR count). The molecular formula is C27H25BrFN5O3. The second-order valence-electron chi connectivity index (χ2n) is 8.34. The summed E-state index contributed by atoms with van der Waals surface area (Å²) in [6, 6.07) is 16.6. The number of nitrogens with zero attached hydrogens (tertiary/aromatic N) is 4. The van der Waals surface area contributed by atoms with Gasteiger partial charge in [-0.2, -0.15) is 9.78 Å². The van der Waals surface area contributed by atoms with Crippen LogP contribution < -0.4 is 20.5 Å². The van der Waals surface area contributed by atoms with Gasteiger partial charge < -0.3 is 15.0 Å². The first-order valence-electron chi connectivity index (χ1n) is 11.5. The minimum atomic E-state index is -0.536. The minimum Gasteiger partial charge on any atom is -0.483 e. The first kappa shape index (κ1) is 26.0. The molecule has 10 heteroatoms. The lowest BCUT2D eigenvalue weighted by Gasteiger charge is -2.16. The molecule has 190 valence electrons.